The van der Waals surface area contributed by atoms with E-state index in [9.17, 15) is 18.0 Å². The fourth-order valence-corrected chi connectivity index (χ4v) is 2.37. The van der Waals surface area contributed by atoms with E-state index < -0.39 is 26.5 Å². The fraction of sp³-hybridized carbons (Fsp3) is 0.375. The first-order valence-electron chi connectivity index (χ1n) is 4.76. The minimum Gasteiger partial charge on any atom is -1.00 e. The first-order valence-corrected chi connectivity index (χ1v) is 6.20. The smallest absolute Gasteiger partial charge is 1.00 e. The van der Waals surface area contributed by atoms with Gasteiger partial charge in [0.2, 0.25) is 0 Å². The normalized spacial score (nSPS) is 11.6. The molecule has 0 atom stereocenters. The third kappa shape index (κ3) is 2.16. The van der Waals surface area contributed by atoms with Crippen molar-refractivity contribution in [3.63, 3.8) is 0 Å². The van der Waals surface area contributed by atoms with Crippen molar-refractivity contribution in [3.05, 3.63) is 20.8 Å². The Bertz CT molecular complexity index is 881. The molecule has 0 saturated carbocycles. The maximum Gasteiger partial charge on any atom is 1.00 e. The zero-order valence-electron chi connectivity index (χ0n) is 11.8. The maximum absolute atomic E-state index is 11.9. The van der Waals surface area contributed by atoms with Crippen LogP contribution in [-0.4, -0.2) is 31.7 Å². The summed E-state index contributed by atoms with van der Waals surface area (Å²) in [5.74, 6) is 0. The number of fused-ring (bicyclic) bond motifs is 1. The Morgan fingerprint density at radius 2 is 1.63 bits per heavy atom. The molecule has 0 aliphatic rings. The van der Waals surface area contributed by atoms with Crippen LogP contribution in [0.5, 0.6) is 0 Å². The molecule has 19 heavy (non-hydrogen) atoms. The predicted molar refractivity (Wildman–Crippen MR) is 62.1 cm³/mol. The predicted octanol–water partition coefficient (Wildman–Crippen LogP) is -4.67. The van der Waals surface area contributed by atoms with Gasteiger partial charge in [-0.2, -0.15) is 13.4 Å². The van der Waals surface area contributed by atoms with Gasteiger partial charge in [0.1, 0.15) is 0 Å². The van der Waals surface area contributed by atoms with Crippen LogP contribution in [0.25, 0.3) is 11.2 Å². The summed E-state index contributed by atoms with van der Waals surface area (Å²) in [5.41, 5.74) is -1.49. The molecule has 2 heterocycles. The molecule has 2 rings (SSSR count). The minimum absolute atomic E-state index is 0. The molecule has 0 fully saturated rings. The second-order valence-electron chi connectivity index (χ2n) is 3.81. The summed E-state index contributed by atoms with van der Waals surface area (Å²) in [5, 5.41) is -0.684. The zero-order chi connectivity index (χ0) is 13.8. The number of nitrogens with zero attached hydrogens (tertiary/aromatic N) is 4. The second kappa shape index (κ2) is 4.64. The van der Waals surface area contributed by atoms with E-state index >= 15 is 0 Å². The monoisotopic (exact) mass is 282 g/mol. The van der Waals surface area contributed by atoms with Crippen LogP contribution < -0.4 is 30.1 Å². The van der Waals surface area contributed by atoms with Crippen LogP contribution >= 0.6 is 0 Å². The van der Waals surface area contributed by atoms with E-state index in [4.69, 9.17) is 4.55 Å². The summed E-state index contributed by atoms with van der Waals surface area (Å²) in [6.07, 6.45) is 0. The quantitative estimate of drug-likeness (QED) is 0.415. The van der Waals surface area contributed by atoms with E-state index in [1.165, 1.54) is 21.1 Å². The van der Waals surface area contributed by atoms with Gasteiger partial charge >= 0.3 is 34.7 Å². The van der Waals surface area contributed by atoms with Crippen LogP contribution in [0.3, 0.4) is 0 Å². The van der Waals surface area contributed by atoms with Gasteiger partial charge in [-0.1, -0.05) is 0 Å². The third-order valence-corrected chi connectivity index (χ3v) is 3.49. The molecule has 0 saturated heterocycles. The van der Waals surface area contributed by atoms with Crippen LogP contribution in [0.15, 0.2) is 14.7 Å². The number of rotatable bonds is 1. The van der Waals surface area contributed by atoms with Gasteiger partial charge in [-0.15, -0.1) is 0 Å². The van der Waals surface area contributed by atoms with Crippen molar-refractivity contribution in [2.75, 3.05) is 0 Å². The van der Waals surface area contributed by atoms with Crippen molar-refractivity contribution < 1.29 is 33.3 Å². The molecule has 0 aromatic carbocycles. The Hall–Kier alpha value is -1.34. The van der Waals surface area contributed by atoms with Gasteiger partial charge in [-0.3, -0.25) is 18.5 Å². The van der Waals surface area contributed by atoms with Gasteiger partial charge in [0.15, 0.2) is 11.2 Å². The average Bonchev–Trinajstić information content (AvgIpc) is 2.61. The van der Waals surface area contributed by atoms with Gasteiger partial charge in [0.25, 0.3) is 10.7 Å². The molecule has 0 aliphatic heterocycles. The standard InChI is InChI=1S/C8H10N4O5S.Li.H/c1-10-4-5(9-7(10)18(15,16)17)11(2)8(14)12(3)6(4)13;;/h1-3H3,(H,15,16,17);;/q;+1;-1. The molecule has 0 bridgehead atoms. The van der Waals surface area contributed by atoms with Gasteiger partial charge in [-0.05, 0) is 0 Å². The Morgan fingerprint density at radius 1 is 1.11 bits per heavy atom. The van der Waals surface area contributed by atoms with Crippen molar-refractivity contribution in [1.82, 2.24) is 18.7 Å². The second-order valence-corrected chi connectivity index (χ2v) is 5.12. The van der Waals surface area contributed by atoms with Gasteiger partial charge in [0, 0.05) is 21.1 Å². The SMILES string of the molecule is Cn1c(=O)c2c(nc(S(=O)(=O)O)n2C)n(C)c1=O.[H-].[Li+]. The number of hydrogen-bond donors (Lipinski definition) is 1. The Labute approximate surface area is 120 Å². The average molecular weight is 282 g/mol. The molecule has 0 amide bonds. The summed E-state index contributed by atoms with van der Waals surface area (Å²) in [6, 6.07) is 0. The van der Waals surface area contributed by atoms with Crippen molar-refractivity contribution in [2.45, 2.75) is 5.16 Å². The molecule has 0 aliphatic carbocycles. The molecular formula is C8H11LiN4O5S. The molecule has 2 aromatic heterocycles. The molecule has 0 spiro atoms. The zero-order valence-corrected chi connectivity index (χ0v) is 11.6. The van der Waals surface area contributed by atoms with E-state index in [0.717, 1.165) is 13.7 Å². The third-order valence-electron chi connectivity index (χ3n) is 2.67. The molecule has 0 unspecified atom stereocenters. The Balaban J connectivity index is 0.00000180. The molecule has 11 heteroatoms. The molecule has 100 valence electrons. The topological polar surface area (TPSA) is 116 Å². The van der Waals surface area contributed by atoms with E-state index in [0.29, 0.717) is 0 Å². The van der Waals surface area contributed by atoms with Gasteiger partial charge in [0.05, 0.1) is 0 Å². The van der Waals surface area contributed by atoms with Crippen molar-refractivity contribution in [2.24, 2.45) is 21.1 Å². The van der Waals surface area contributed by atoms with Crippen LogP contribution in [0.2, 0.25) is 0 Å². The van der Waals surface area contributed by atoms with E-state index in [1.807, 2.05) is 0 Å². The van der Waals surface area contributed by atoms with E-state index in [2.05, 4.69) is 4.98 Å². The summed E-state index contributed by atoms with van der Waals surface area (Å²) in [4.78, 5) is 27.1. The molecular weight excluding hydrogens is 271 g/mol. The van der Waals surface area contributed by atoms with Gasteiger partial charge in [-0.25, -0.2) is 4.79 Å². The van der Waals surface area contributed by atoms with Crippen molar-refractivity contribution in [3.8, 4) is 0 Å². The first kappa shape index (κ1) is 15.7. The summed E-state index contributed by atoms with van der Waals surface area (Å²) in [7, 11) is -0.678. The van der Waals surface area contributed by atoms with Crippen molar-refractivity contribution >= 4 is 21.3 Å². The summed E-state index contributed by atoms with van der Waals surface area (Å²) in [6.45, 7) is 0. The summed E-state index contributed by atoms with van der Waals surface area (Å²) < 4.78 is 34.0. The van der Waals surface area contributed by atoms with Crippen LogP contribution in [0.4, 0.5) is 0 Å². The van der Waals surface area contributed by atoms with Crippen LogP contribution in [-0.2, 0) is 31.3 Å². The fourth-order valence-electron chi connectivity index (χ4n) is 1.73. The first-order chi connectivity index (χ1) is 8.16. The summed E-state index contributed by atoms with van der Waals surface area (Å²) >= 11 is 0. The van der Waals surface area contributed by atoms with Crippen molar-refractivity contribution in [1.29, 1.82) is 0 Å². The number of imidazole rings is 1. The van der Waals surface area contributed by atoms with E-state index in [1.54, 1.807) is 0 Å². The Kier molecular flexibility index (Phi) is 3.84. The maximum atomic E-state index is 11.9. The molecule has 0 radical (unpaired) electrons. The molecule has 9 nitrogen and oxygen atoms in total. The number of hydrogen-bond acceptors (Lipinski definition) is 5. The number of aromatic nitrogens is 4. The van der Waals surface area contributed by atoms with Gasteiger partial charge < -0.3 is 5.99 Å². The largest absolute Gasteiger partial charge is 1.00 e. The minimum atomic E-state index is -4.57. The molecule has 2 aromatic rings. The Morgan fingerprint density at radius 3 is 2.11 bits per heavy atom. The van der Waals surface area contributed by atoms with E-state index in [-0.39, 0.29) is 31.5 Å². The van der Waals surface area contributed by atoms with Crippen LogP contribution in [0, 0.1) is 0 Å². The van der Waals surface area contributed by atoms with Crippen LogP contribution in [0.1, 0.15) is 1.43 Å². The molecule has 1 N–H and O–H groups in total. The number of aryl methyl sites for hydroxylation is 2.